The second-order valence-corrected chi connectivity index (χ2v) is 6.51. The summed E-state index contributed by atoms with van der Waals surface area (Å²) >= 11 is 12.4. The Morgan fingerprint density at radius 1 is 1.08 bits per heavy atom. The average molecular weight is 384 g/mol. The summed E-state index contributed by atoms with van der Waals surface area (Å²) < 4.78 is 11.2. The second kappa shape index (κ2) is 10.6. The van der Waals surface area contributed by atoms with Crippen molar-refractivity contribution in [3.63, 3.8) is 0 Å². The Bertz CT molecular complexity index is 662. The van der Waals surface area contributed by atoms with Crippen LogP contribution >= 0.6 is 23.2 Å². The number of aliphatic hydroxyl groups excluding tert-OH is 1. The maximum Gasteiger partial charge on any atom is 0.142 e. The van der Waals surface area contributed by atoms with Gasteiger partial charge in [-0.05, 0) is 24.6 Å². The van der Waals surface area contributed by atoms with E-state index in [1.54, 1.807) is 6.07 Å². The normalized spacial score (nSPS) is 10.9. The molecule has 0 bridgehead atoms. The van der Waals surface area contributed by atoms with Crippen LogP contribution < -0.4 is 10.1 Å². The van der Waals surface area contributed by atoms with Crippen LogP contribution in [0.3, 0.4) is 0 Å². The minimum absolute atomic E-state index is 0.0287. The number of rotatable bonds is 10. The van der Waals surface area contributed by atoms with Gasteiger partial charge in [-0.1, -0.05) is 53.0 Å². The second-order valence-electron chi connectivity index (χ2n) is 5.66. The van der Waals surface area contributed by atoms with Gasteiger partial charge in [0.05, 0.1) is 24.8 Å². The number of hydrogen-bond acceptors (Lipinski definition) is 4. The molecule has 0 aliphatic rings. The van der Waals surface area contributed by atoms with Crippen LogP contribution in [0.5, 0.6) is 5.75 Å². The molecule has 6 heteroatoms. The number of hydrogen-bond donors (Lipinski definition) is 2. The molecule has 2 N–H and O–H groups in total. The summed E-state index contributed by atoms with van der Waals surface area (Å²) in [6.07, 6.45) is 0. The zero-order valence-corrected chi connectivity index (χ0v) is 15.7. The van der Waals surface area contributed by atoms with Gasteiger partial charge in [-0.25, -0.2) is 0 Å². The molecule has 0 spiro atoms. The Balaban J connectivity index is 1.97. The van der Waals surface area contributed by atoms with Crippen LogP contribution in [0.4, 0.5) is 0 Å². The number of halogens is 2. The van der Waals surface area contributed by atoms with E-state index < -0.39 is 0 Å². The van der Waals surface area contributed by atoms with E-state index in [-0.39, 0.29) is 6.61 Å². The molecule has 0 aromatic heterocycles. The van der Waals surface area contributed by atoms with E-state index in [1.807, 2.05) is 18.2 Å². The Labute approximate surface area is 158 Å². The molecule has 0 amide bonds. The van der Waals surface area contributed by atoms with E-state index in [1.165, 1.54) is 5.56 Å². The molecule has 0 aliphatic heterocycles. The topological polar surface area (TPSA) is 50.7 Å². The van der Waals surface area contributed by atoms with Crippen molar-refractivity contribution in [1.82, 2.24) is 5.32 Å². The highest BCUT2D eigenvalue weighted by Gasteiger charge is 2.11. The minimum Gasteiger partial charge on any atom is -0.487 e. The van der Waals surface area contributed by atoms with Crippen LogP contribution in [0.25, 0.3) is 0 Å². The Morgan fingerprint density at radius 3 is 2.56 bits per heavy atom. The van der Waals surface area contributed by atoms with Crippen molar-refractivity contribution >= 4 is 23.2 Å². The van der Waals surface area contributed by atoms with Crippen molar-refractivity contribution in [2.75, 3.05) is 26.4 Å². The van der Waals surface area contributed by atoms with Crippen LogP contribution in [-0.2, 0) is 17.9 Å². The van der Waals surface area contributed by atoms with Gasteiger partial charge in [-0.3, -0.25) is 0 Å². The maximum atomic E-state index is 8.68. The summed E-state index contributed by atoms with van der Waals surface area (Å²) in [7, 11) is 0. The molecule has 0 unspecified atom stereocenters. The fraction of sp³-hybridized carbons (Fsp3) is 0.368. The minimum atomic E-state index is 0.0287. The van der Waals surface area contributed by atoms with Gasteiger partial charge in [-0.15, -0.1) is 0 Å². The van der Waals surface area contributed by atoms with E-state index in [4.69, 9.17) is 37.8 Å². The molecular weight excluding hydrogens is 361 g/mol. The zero-order valence-electron chi connectivity index (χ0n) is 14.2. The average Bonchev–Trinajstić information content (AvgIpc) is 2.58. The van der Waals surface area contributed by atoms with E-state index in [9.17, 15) is 0 Å². The summed E-state index contributed by atoms with van der Waals surface area (Å²) in [4.78, 5) is 0. The quantitative estimate of drug-likeness (QED) is 0.609. The predicted molar refractivity (Wildman–Crippen MR) is 102 cm³/mol. The summed E-state index contributed by atoms with van der Waals surface area (Å²) in [5, 5.41) is 13.0. The lowest BCUT2D eigenvalue weighted by molar-refractivity contribution is 0.0937. The molecule has 0 atom stereocenters. The van der Waals surface area contributed by atoms with Crippen molar-refractivity contribution in [2.45, 2.75) is 20.1 Å². The van der Waals surface area contributed by atoms with Crippen molar-refractivity contribution in [1.29, 1.82) is 0 Å². The number of aryl methyl sites for hydroxylation is 1. The van der Waals surface area contributed by atoms with E-state index >= 15 is 0 Å². The first kappa shape index (κ1) is 20.0. The summed E-state index contributed by atoms with van der Waals surface area (Å²) in [6.45, 7) is 4.60. The van der Waals surface area contributed by atoms with Crippen LogP contribution in [0.1, 0.15) is 16.7 Å². The molecule has 0 heterocycles. The maximum absolute atomic E-state index is 8.68. The van der Waals surface area contributed by atoms with E-state index in [0.29, 0.717) is 48.7 Å². The number of benzene rings is 2. The van der Waals surface area contributed by atoms with Crippen molar-refractivity contribution < 1.29 is 14.6 Å². The first-order chi connectivity index (χ1) is 12.1. The van der Waals surface area contributed by atoms with E-state index in [2.05, 4.69) is 24.4 Å². The lowest BCUT2D eigenvalue weighted by atomic mass is 10.1. The molecule has 0 saturated heterocycles. The molecule has 4 nitrogen and oxygen atoms in total. The highest BCUT2D eigenvalue weighted by Crippen LogP contribution is 2.33. The van der Waals surface area contributed by atoms with Crippen LogP contribution in [0.2, 0.25) is 10.0 Å². The van der Waals surface area contributed by atoms with Gasteiger partial charge in [0, 0.05) is 23.7 Å². The predicted octanol–water partition coefficient (Wildman–Crippen LogP) is 3.98. The molecule has 2 aromatic carbocycles. The van der Waals surface area contributed by atoms with E-state index in [0.717, 1.165) is 11.1 Å². The molecule has 0 aliphatic carbocycles. The Morgan fingerprint density at radius 2 is 1.84 bits per heavy atom. The smallest absolute Gasteiger partial charge is 0.142 e. The van der Waals surface area contributed by atoms with Crippen LogP contribution in [-0.4, -0.2) is 31.5 Å². The van der Waals surface area contributed by atoms with Gasteiger partial charge >= 0.3 is 0 Å². The summed E-state index contributed by atoms with van der Waals surface area (Å²) in [5.74, 6) is 0.635. The van der Waals surface area contributed by atoms with Crippen molar-refractivity contribution in [2.24, 2.45) is 0 Å². The standard InChI is InChI=1S/C19H23Cl2NO3/c1-14-2-4-15(5-3-14)13-25-19-16(10-17(20)11-18(19)21)12-22-6-8-24-9-7-23/h2-5,10-11,22-23H,6-9,12-13H2,1H3. The molecular formula is C19H23Cl2NO3. The van der Waals surface area contributed by atoms with Gasteiger partial charge in [0.15, 0.2) is 0 Å². The monoisotopic (exact) mass is 383 g/mol. The number of nitrogens with one attached hydrogen (secondary N) is 1. The molecule has 0 fully saturated rings. The lowest BCUT2D eigenvalue weighted by Gasteiger charge is -2.15. The molecule has 0 radical (unpaired) electrons. The third kappa shape index (κ3) is 6.84. The number of ether oxygens (including phenoxy) is 2. The first-order valence-electron chi connectivity index (χ1n) is 8.15. The molecule has 136 valence electrons. The molecule has 0 saturated carbocycles. The van der Waals surface area contributed by atoms with Crippen molar-refractivity contribution in [3.8, 4) is 5.75 Å². The highest BCUT2D eigenvalue weighted by molar-refractivity contribution is 6.35. The lowest BCUT2D eigenvalue weighted by Crippen LogP contribution is -2.20. The van der Waals surface area contributed by atoms with Gasteiger partial charge in [0.25, 0.3) is 0 Å². The molecule has 25 heavy (non-hydrogen) atoms. The van der Waals surface area contributed by atoms with Gasteiger partial charge in [0.1, 0.15) is 12.4 Å². The van der Waals surface area contributed by atoms with Crippen LogP contribution in [0.15, 0.2) is 36.4 Å². The highest BCUT2D eigenvalue weighted by atomic mass is 35.5. The largest absolute Gasteiger partial charge is 0.487 e. The fourth-order valence-corrected chi connectivity index (χ4v) is 2.87. The van der Waals surface area contributed by atoms with Gasteiger partial charge in [-0.2, -0.15) is 0 Å². The SMILES string of the molecule is Cc1ccc(COc2c(Cl)cc(Cl)cc2CNCCOCCO)cc1. The molecule has 2 aromatic rings. The van der Waals surface area contributed by atoms with Crippen molar-refractivity contribution in [3.05, 3.63) is 63.1 Å². The fourth-order valence-electron chi connectivity index (χ4n) is 2.28. The molecule has 2 rings (SSSR count). The van der Waals surface area contributed by atoms with Gasteiger partial charge < -0.3 is 19.9 Å². The third-order valence-corrected chi connectivity index (χ3v) is 4.06. The summed E-state index contributed by atoms with van der Waals surface area (Å²) in [5.41, 5.74) is 3.18. The number of aliphatic hydroxyl groups is 1. The van der Waals surface area contributed by atoms with Gasteiger partial charge in [0.2, 0.25) is 0 Å². The Hall–Kier alpha value is -1.30. The zero-order chi connectivity index (χ0) is 18.1. The summed E-state index contributed by atoms with van der Waals surface area (Å²) in [6, 6.07) is 11.7. The van der Waals surface area contributed by atoms with Crippen LogP contribution in [0, 0.1) is 6.92 Å². The Kier molecular flexibility index (Phi) is 8.52. The first-order valence-corrected chi connectivity index (χ1v) is 8.91. The third-order valence-electron chi connectivity index (χ3n) is 3.56.